The summed E-state index contributed by atoms with van der Waals surface area (Å²) in [4.78, 5) is 17.7. The zero-order chi connectivity index (χ0) is 28.6. The molecular formula is C34H35ClN2O3S. The van der Waals surface area contributed by atoms with Crippen molar-refractivity contribution in [2.75, 3.05) is 6.61 Å². The summed E-state index contributed by atoms with van der Waals surface area (Å²) in [6, 6.07) is 21.3. The number of halogens is 1. The standard InChI is InChI=1S/C34H35ClN2O3S/c1-2-3-18-40-32-13-9-27(10-14-32)28-11-17-34(35)29(20-28)8-12-31(38)19-25-6-15-33(16-7-25)41(39)23-30-21-36-24-37(30)22-26-4-5-26/h6-17,20-21,24,26H,2-5,18-19,22-23H2,1H3/b12-8+/t41-/m0/s1. The lowest BCUT2D eigenvalue weighted by Crippen LogP contribution is -2.06. The van der Waals surface area contributed by atoms with Crippen LogP contribution in [-0.4, -0.2) is 26.2 Å². The molecule has 0 amide bonds. The number of ether oxygens (including phenoxy) is 1. The summed E-state index contributed by atoms with van der Waals surface area (Å²) < 4.78 is 20.8. The Bertz CT molecular complexity index is 1520. The van der Waals surface area contributed by atoms with Crippen LogP contribution in [-0.2, 0) is 34.3 Å². The zero-order valence-electron chi connectivity index (χ0n) is 23.3. The van der Waals surface area contributed by atoms with Crippen LogP contribution in [0.1, 0.15) is 49.4 Å². The fraction of sp³-hybridized carbons (Fsp3) is 0.294. The normalized spacial score (nSPS) is 13.9. The van der Waals surface area contributed by atoms with Gasteiger partial charge in [0.2, 0.25) is 0 Å². The largest absolute Gasteiger partial charge is 0.494 e. The smallest absolute Gasteiger partial charge is 0.160 e. The molecule has 0 radical (unpaired) electrons. The van der Waals surface area contributed by atoms with E-state index < -0.39 is 10.8 Å². The quantitative estimate of drug-likeness (QED) is 0.111. The summed E-state index contributed by atoms with van der Waals surface area (Å²) in [5.41, 5.74) is 4.72. The number of allylic oxidation sites excluding steroid dienone is 1. The van der Waals surface area contributed by atoms with Gasteiger partial charge < -0.3 is 9.30 Å². The van der Waals surface area contributed by atoms with Gasteiger partial charge in [0.15, 0.2) is 5.78 Å². The first kappa shape index (κ1) is 29.0. The molecule has 1 saturated carbocycles. The second-order valence-corrected chi connectivity index (χ2v) is 12.4. The molecule has 41 heavy (non-hydrogen) atoms. The topological polar surface area (TPSA) is 61.2 Å². The molecule has 1 aromatic heterocycles. The van der Waals surface area contributed by atoms with Gasteiger partial charge in [-0.3, -0.25) is 9.00 Å². The lowest BCUT2D eigenvalue weighted by molar-refractivity contribution is -0.113. The van der Waals surface area contributed by atoms with E-state index in [0.29, 0.717) is 10.8 Å². The van der Waals surface area contributed by atoms with Gasteiger partial charge in [-0.25, -0.2) is 4.98 Å². The molecule has 0 spiro atoms. The summed E-state index contributed by atoms with van der Waals surface area (Å²) in [7, 11) is -1.17. The van der Waals surface area contributed by atoms with Gasteiger partial charge in [0.05, 0.1) is 35.2 Å². The number of unbranched alkanes of at least 4 members (excludes halogenated alkanes) is 1. The Kier molecular flexibility index (Phi) is 9.86. The van der Waals surface area contributed by atoms with Crippen molar-refractivity contribution in [2.24, 2.45) is 5.92 Å². The first-order chi connectivity index (χ1) is 20.0. The number of rotatable bonds is 14. The Morgan fingerprint density at radius 3 is 2.56 bits per heavy atom. The SMILES string of the molecule is CCCCOc1ccc(-c2ccc(Cl)c(/C=C/C(=O)Cc3ccc([S@@](=O)Cc4cncn4CC4CC4)cc3)c2)cc1. The third kappa shape index (κ3) is 8.27. The highest BCUT2D eigenvalue weighted by Gasteiger charge is 2.23. The monoisotopic (exact) mass is 586 g/mol. The van der Waals surface area contributed by atoms with E-state index in [1.165, 1.54) is 12.8 Å². The van der Waals surface area contributed by atoms with Crippen molar-refractivity contribution in [3.8, 4) is 16.9 Å². The first-order valence-electron chi connectivity index (χ1n) is 14.2. The number of hydrogen-bond donors (Lipinski definition) is 0. The van der Waals surface area contributed by atoms with Gasteiger partial charge in [0.25, 0.3) is 0 Å². The molecule has 5 rings (SSSR count). The van der Waals surface area contributed by atoms with Gasteiger partial charge in [0, 0.05) is 29.1 Å². The second-order valence-electron chi connectivity index (χ2n) is 10.6. The maximum absolute atomic E-state index is 13.0. The van der Waals surface area contributed by atoms with E-state index in [0.717, 1.165) is 70.5 Å². The predicted molar refractivity (Wildman–Crippen MR) is 167 cm³/mol. The van der Waals surface area contributed by atoms with Gasteiger partial charge in [-0.2, -0.15) is 0 Å². The maximum atomic E-state index is 13.0. The fourth-order valence-corrected chi connectivity index (χ4v) is 5.86. The van der Waals surface area contributed by atoms with E-state index in [4.69, 9.17) is 16.3 Å². The summed E-state index contributed by atoms with van der Waals surface area (Å²) in [5.74, 6) is 2.00. The molecule has 0 saturated heterocycles. The highest BCUT2D eigenvalue weighted by molar-refractivity contribution is 7.84. The van der Waals surface area contributed by atoms with Crippen LogP contribution in [0, 0.1) is 5.92 Å². The van der Waals surface area contributed by atoms with E-state index in [2.05, 4.69) is 16.5 Å². The van der Waals surface area contributed by atoms with Crippen molar-refractivity contribution in [1.29, 1.82) is 0 Å². The third-order valence-corrected chi connectivity index (χ3v) is 8.89. The summed E-state index contributed by atoms with van der Waals surface area (Å²) in [5, 5.41) is 0.586. The van der Waals surface area contributed by atoms with Crippen LogP contribution in [0.5, 0.6) is 5.75 Å². The summed E-state index contributed by atoms with van der Waals surface area (Å²) in [6.45, 7) is 3.82. The average molecular weight is 587 g/mol. The number of aromatic nitrogens is 2. The van der Waals surface area contributed by atoms with E-state index in [9.17, 15) is 9.00 Å². The Morgan fingerprint density at radius 2 is 1.83 bits per heavy atom. The lowest BCUT2D eigenvalue weighted by Gasteiger charge is -2.08. The van der Waals surface area contributed by atoms with E-state index in [1.807, 2.05) is 79.3 Å². The van der Waals surface area contributed by atoms with Crippen molar-refractivity contribution < 1.29 is 13.7 Å². The third-order valence-electron chi connectivity index (χ3n) is 7.19. The molecule has 4 aromatic rings. The first-order valence-corrected chi connectivity index (χ1v) is 15.9. The zero-order valence-corrected chi connectivity index (χ0v) is 24.9. The molecule has 0 unspecified atom stereocenters. The Hall–Kier alpha value is -3.48. The molecule has 3 aromatic carbocycles. The minimum Gasteiger partial charge on any atom is -0.494 e. The molecule has 1 fully saturated rings. The van der Waals surface area contributed by atoms with Crippen molar-refractivity contribution in [2.45, 2.75) is 56.2 Å². The number of ketones is 1. The van der Waals surface area contributed by atoms with Crippen LogP contribution >= 0.6 is 11.6 Å². The van der Waals surface area contributed by atoms with Gasteiger partial charge in [-0.15, -0.1) is 0 Å². The number of carbonyl (C=O) groups excluding carboxylic acids is 1. The number of hydrogen-bond acceptors (Lipinski definition) is 4. The molecule has 1 aliphatic carbocycles. The van der Waals surface area contributed by atoms with Crippen LogP contribution in [0.4, 0.5) is 0 Å². The highest BCUT2D eigenvalue weighted by Crippen LogP contribution is 2.31. The molecule has 1 heterocycles. The minimum absolute atomic E-state index is 0.0297. The van der Waals surface area contributed by atoms with Crippen LogP contribution in [0.3, 0.4) is 0 Å². The highest BCUT2D eigenvalue weighted by atomic mass is 35.5. The van der Waals surface area contributed by atoms with Crippen LogP contribution < -0.4 is 4.74 Å². The van der Waals surface area contributed by atoms with Crippen molar-refractivity contribution in [3.05, 3.63) is 107 Å². The fourth-order valence-electron chi connectivity index (χ4n) is 4.56. The van der Waals surface area contributed by atoms with Gasteiger partial charge >= 0.3 is 0 Å². The van der Waals surface area contributed by atoms with Crippen molar-refractivity contribution >= 4 is 34.3 Å². The second kappa shape index (κ2) is 13.9. The van der Waals surface area contributed by atoms with Crippen LogP contribution in [0.2, 0.25) is 5.02 Å². The average Bonchev–Trinajstić information content (AvgIpc) is 3.70. The predicted octanol–water partition coefficient (Wildman–Crippen LogP) is 7.93. The number of imidazole rings is 1. The Labute approximate surface area is 249 Å². The van der Waals surface area contributed by atoms with Crippen molar-refractivity contribution in [1.82, 2.24) is 9.55 Å². The molecule has 212 valence electrons. The summed E-state index contributed by atoms with van der Waals surface area (Å²) in [6.07, 6.45) is 11.9. The number of carbonyl (C=O) groups is 1. The van der Waals surface area contributed by atoms with E-state index >= 15 is 0 Å². The molecule has 0 N–H and O–H groups in total. The van der Waals surface area contributed by atoms with Gasteiger partial charge in [-0.1, -0.05) is 55.3 Å². The van der Waals surface area contributed by atoms with Gasteiger partial charge in [0.1, 0.15) is 5.75 Å². The number of nitrogens with zero attached hydrogens (tertiary/aromatic N) is 2. The molecule has 5 nitrogen and oxygen atoms in total. The minimum atomic E-state index is -1.17. The lowest BCUT2D eigenvalue weighted by atomic mass is 10.0. The molecule has 0 aliphatic heterocycles. The van der Waals surface area contributed by atoms with Crippen molar-refractivity contribution in [3.63, 3.8) is 0 Å². The Morgan fingerprint density at radius 1 is 1.07 bits per heavy atom. The molecular weight excluding hydrogens is 552 g/mol. The molecule has 7 heteroatoms. The van der Waals surface area contributed by atoms with Crippen LogP contribution in [0.25, 0.3) is 17.2 Å². The van der Waals surface area contributed by atoms with E-state index in [1.54, 1.807) is 12.2 Å². The van der Waals surface area contributed by atoms with E-state index in [-0.39, 0.29) is 12.2 Å². The summed E-state index contributed by atoms with van der Waals surface area (Å²) >= 11 is 6.44. The van der Waals surface area contributed by atoms with Crippen LogP contribution in [0.15, 0.2) is 90.2 Å². The molecule has 1 atom stereocenters. The Balaban J connectivity index is 1.17. The number of benzene rings is 3. The molecule has 0 bridgehead atoms. The maximum Gasteiger partial charge on any atom is 0.160 e. The molecule has 1 aliphatic rings. The van der Waals surface area contributed by atoms with Gasteiger partial charge in [-0.05, 0) is 96.0 Å².